The van der Waals surface area contributed by atoms with Crippen LogP contribution in [0, 0.1) is 0 Å². The first-order valence-corrected chi connectivity index (χ1v) is 11.5. The average molecular weight is 220 g/mol. The van der Waals surface area contributed by atoms with Gasteiger partial charge in [-0.15, -0.1) is 0 Å². The van der Waals surface area contributed by atoms with E-state index in [2.05, 4.69) is 43.5 Å². The van der Waals surface area contributed by atoms with Crippen LogP contribution >= 0.6 is 12.2 Å². The molecule has 72 valence electrons. The summed E-state index contributed by atoms with van der Waals surface area (Å²) in [6, 6.07) is 0. The molecule has 0 aliphatic rings. The van der Waals surface area contributed by atoms with Crippen molar-refractivity contribution in [3.05, 3.63) is 0 Å². The van der Waals surface area contributed by atoms with Crippen LogP contribution in [0.4, 0.5) is 0 Å². The number of rotatable bonds is 2. The maximum Gasteiger partial charge on any atom is 0.150 e. The van der Waals surface area contributed by atoms with Gasteiger partial charge in [0.2, 0.25) is 0 Å². The topological polar surface area (TPSA) is 29.3 Å². The van der Waals surface area contributed by atoms with Crippen LogP contribution in [0.15, 0.2) is 0 Å². The molecule has 12 heavy (non-hydrogen) atoms. The second kappa shape index (κ2) is 3.47. The molecule has 0 aliphatic carbocycles. The van der Waals surface area contributed by atoms with Gasteiger partial charge in [-0.1, -0.05) is 39.3 Å². The molecule has 0 saturated heterocycles. The molecule has 5 heteroatoms. The van der Waals surface area contributed by atoms with Crippen molar-refractivity contribution in [2.45, 2.75) is 39.3 Å². The van der Waals surface area contributed by atoms with E-state index in [1.54, 1.807) is 0 Å². The van der Waals surface area contributed by atoms with Crippen LogP contribution in [0.25, 0.3) is 0 Å². The van der Waals surface area contributed by atoms with Gasteiger partial charge in [-0.05, 0) is 12.2 Å². The predicted molar refractivity (Wildman–Crippen MR) is 65.3 cm³/mol. The molecule has 0 aromatic rings. The fraction of sp³-hybridized carbons (Fsp3) is 0.857. The van der Waals surface area contributed by atoms with Gasteiger partial charge in [-0.2, -0.15) is 0 Å². The Balaban J connectivity index is 4.82. The van der Waals surface area contributed by atoms with E-state index in [1.807, 2.05) is 0 Å². The van der Waals surface area contributed by atoms with E-state index in [0.29, 0.717) is 5.11 Å². The molecule has 0 rings (SSSR count). The van der Waals surface area contributed by atoms with Crippen molar-refractivity contribution in [3.63, 3.8) is 0 Å². The Kier molecular flexibility index (Phi) is 3.51. The number of hydrogen-bond acceptors (Lipinski definition) is 1. The highest BCUT2D eigenvalue weighted by molar-refractivity contribution is 7.80. The van der Waals surface area contributed by atoms with Gasteiger partial charge in [0.05, 0.1) is 0 Å². The van der Waals surface area contributed by atoms with Crippen LogP contribution in [0.5, 0.6) is 0 Å². The largest absolute Gasteiger partial charge is 0.403 e. The highest BCUT2D eigenvalue weighted by atomic mass is 32.1. The van der Waals surface area contributed by atoms with E-state index in [0.717, 1.165) is 0 Å². The zero-order valence-electron chi connectivity index (χ0n) is 8.93. The van der Waals surface area contributed by atoms with Crippen molar-refractivity contribution >= 4 is 33.8 Å². The fourth-order valence-electron chi connectivity index (χ4n) is 1.67. The monoisotopic (exact) mass is 220 g/mol. The van der Waals surface area contributed by atoms with Crippen molar-refractivity contribution in [1.82, 2.24) is 4.23 Å². The Labute approximate surface area is 83.3 Å². The Morgan fingerprint density at radius 2 is 1.25 bits per heavy atom. The highest BCUT2D eigenvalue weighted by Crippen LogP contribution is 2.18. The van der Waals surface area contributed by atoms with Crippen LogP contribution in [0.1, 0.15) is 0 Å². The van der Waals surface area contributed by atoms with E-state index in [4.69, 9.17) is 18.0 Å². The minimum Gasteiger partial charge on any atom is -0.403 e. The third kappa shape index (κ3) is 3.24. The first-order chi connectivity index (χ1) is 5.07. The summed E-state index contributed by atoms with van der Waals surface area (Å²) in [5.74, 6) is 0. The summed E-state index contributed by atoms with van der Waals surface area (Å²) in [4.78, 5) is 0. The maximum atomic E-state index is 5.74. The van der Waals surface area contributed by atoms with E-state index in [1.165, 1.54) is 0 Å². The minimum absolute atomic E-state index is 0.591. The molecule has 0 aliphatic heterocycles. The van der Waals surface area contributed by atoms with Crippen LogP contribution in [0.3, 0.4) is 0 Å². The Morgan fingerprint density at radius 3 is 1.25 bits per heavy atom. The van der Waals surface area contributed by atoms with Crippen molar-refractivity contribution in [3.8, 4) is 0 Å². The van der Waals surface area contributed by atoms with Crippen molar-refractivity contribution in [2.24, 2.45) is 5.73 Å². The number of nitrogens with zero attached hydrogens (tertiary/aromatic N) is 1. The lowest BCUT2D eigenvalue weighted by Gasteiger charge is -2.44. The van der Waals surface area contributed by atoms with Gasteiger partial charge in [0.15, 0.2) is 0 Å². The first-order valence-electron chi connectivity index (χ1n) is 4.16. The summed E-state index contributed by atoms with van der Waals surface area (Å²) in [7, 11) is -2.71. The average Bonchev–Trinajstić information content (AvgIpc) is 1.49. The smallest absolute Gasteiger partial charge is 0.150 e. The zero-order chi connectivity index (χ0) is 10.2. The van der Waals surface area contributed by atoms with E-state index in [-0.39, 0.29) is 0 Å². The van der Waals surface area contributed by atoms with E-state index < -0.39 is 16.5 Å². The summed E-state index contributed by atoms with van der Waals surface area (Å²) in [6.45, 7) is 13.7. The molecular weight excluding hydrogens is 200 g/mol. The quantitative estimate of drug-likeness (QED) is 0.571. The Morgan fingerprint density at radius 1 is 1.00 bits per heavy atom. The van der Waals surface area contributed by atoms with Crippen LogP contribution in [-0.2, 0) is 0 Å². The molecule has 0 bridgehead atoms. The number of nitrogens with two attached hydrogens (primary N) is 1. The molecule has 0 saturated carbocycles. The molecule has 0 aromatic heterocycles. The van der Waals surface area contributed by atoms with Crippen molar-refractivity contribution in [1.29, 1.82) is 0 Å². The maximum absolute atomic E-state index is 5.74. The van der Waals surface area contributed by atoms with Crippen LogP contribution in [-0.4, -0.2) is 25.8 Å². The SMILES string of the molecule is C[Si](C)(C)N(C(N)=S)[Si](C)(C)C. The lowest BCUT2D eigenvalue weighted by atomic mass is 11.2. The minimum atomic E-state index is -1.36. The van der Waals surface area contributed by atoms with E-state index >= 15 is 0 Å². The highest BCUT2D eigenvalue weighted by Gasteiger charge is 2.34. The summed E-state index contributed by atoms with van der Waals surface area (Å²) < 4.78 is 2.33. The summed E-state index contributed by atoms with van der Waals surface area (Å²) in [6.07, 6.45) is 0. The molecule has 2 N–H and O–H groups in total. The molecule has 0 radical (unpaired) electrons. The zero-order valence-corrected chi connectivity index (χ0v) is 11.7. The normalized spacial score (nSPS) is 12.8. The van der Waals surface area contributed by atoms with Gasteiger partial charge in [0.25, 0.3) is 0 Å². The molecule has 0 unspecified atom stereocenters. The number of thiocarbonyl (C=S) groups is 1. The Bertz CT molecular complexity index is 167. The Hall–Kier alpha value is 0.124. The molecule has 0 spiro atoms. The second-order valence-electron chi connectivity index (χ2n) is 5.02. The molecule has 0 amide bonds. The third-order valence-corrected chi connectivity index (χ3v) is 9.26. The molecular formula is C7H20N2SSi2. The first kappa shape index (κ1) is 12.1. The van der Waals surface area contributed by atoms with Crippen LogP contribution < -0.4 is 5.73 Å². The third-order valence-electron chi connectivity index (χ3n) is 1.56. The molecule has 0 heterocycles. The molecule has 0 aromatic carbocycles. The van der Waals surface area contributed by atoms with Gasteiger partial charge in [-0.25, -0.2) is 0 Å². The second-order valence-corrected chi connectivity index (χ2v) is 15.5. The van der Waals surface area contributed by atoms with Crippen LogP contribution in [0.2, 0.25) is 39.3 Å². The summed E-state index contributed by atoms with van der Waals surface area (Å²) in [5.41, 5.74) is 5.74. The van der Waals surface area contributed by atoms with Gasteiger partial charge in [0.1, 0.15) is 21.6 Å². The lowest BCUT2D eigenvalue weighted by molar-refractivity contribution is 0.907. The van der Waals surface area contributed by atoms with E-state index in [9.17, 15) is 0 Å². The van der Waals surface area contributed by atoms with Gasteiger partial charge in [-0.3, -0.25) is 0 Å². The number of hydrogen-bond donors (Lipinski definition) is 1. The van der Waals surface area contributed by atoms with Gasteiger partial charge < -0.3 is 9.96 Å². The summed E-state index contributed by atoms with van der Waals surface area (Å²) >= 11 is 5.09. The van der Waals surface area contributed by atoms with Crippen molar-refractivity contribution in [2.75, 3.05) is 0 Å². The molecule has 0 fully saturated rings. The predicted octanol–water partition coefficient (Wildman–Crippen LogP) is 2.20. The van der Waals surface area contributed by atoms with Crippen molar-refractivity contribution < 1.29 is 0 Å². The van der Waals surface area contributed by atoms with Gasteiger partial charge in [0, 0.05) is 0 Å². The summed E-state index contributed by atoms with van der Waals surface area (Å²) in [5, 5.41) is 0.591. The molecule has 0 atom stereocenters. The standard InChI is InChI=1S/C7H20N2SSi2/c1-11(2,3)9(7(8)10)12(4,5)6/h1-6H3,(H2,8,10). The lowest BCUT2D eigenvalue weighted by Crippen LogP contribution is -2.63. The van der Waals surface area contributed by atoms with Gasteiger partial charge >= 0.3 is 0 Å². The molecule has 2 nitrogen and oxygen atoms in total. The fourth-order valence-corrected chi connectivity index (χ4v) is 12.7.